The number of carbonyl (C=O) groups excluding carboxylic acids is 1. The molecule has 0 radical (unpaired) electrons. The van der Waals surface area contributed by atoms with Crippen molar-refractivity contribution in [3.63, 3.8) is 0 Å². The first kappa shape index (κ1) is 12.8. The number of morpholine rings is 1. The van der Waals surface area contributed by atoms with E-state index in [1.807, 2.05) is 0 Å². The van der Waals surface area contributed by atoms with Crippen molar-refractivity contribution in [1.29, 1.82) is 5.26 Å². The van der Waals surface area contributed by atoms with Crippen molar-refractivity contribution >= 4 is 6.09 Å². The minimum Gasteiger partial charge on any atom is -0.444 e. The Morgan fingerprint density at radius 2 is 2.19 bits per heavy atom. The van der Waals surface area contributed by atoms with Crippen LogP contribution in [-0.4, -0.2) is 41.9 Å². The first-order valence-electron chi connectivity index (χ1n) is 5.36. The van der Waals surface area contributed by atoms with E-state index in [1.165, 1.54) is 4.90 Å². The summed E-state index contributed by atoms with van der Waals surface area (Å²) >= 11 is 0. The number of hydrogen-bond donors (Lipinski definition) is 0. The lowest BCUT2D eigenvalue weighted by atomic mass is 10.1. The fourth-order valence-corrected chi connectivity index (χ4v) is 1.52. The van der Waals surface area contributed by atoms with Gasteiger partial charge in [0.05, 0.1) is 18.8 Å². The molecule has 1 amide bonds. The summed E-state index contributed by atoms with van der Waals surface area (Å²) in [6, 6.07) is 1.50. The van der Waals surface area contributed by atoms with Gasteiger partial charge in [-0.15, -0.1) is 0 Å². The molecule has 1 saturated heterocycles. The van der Waals surface area contributed by atoms with Crippen LogP contribution in [0.2, 0.25) is 0 Å². The highest BCUT2D eigenvalue weighted by Crippen LogP contribution is 2.17. The average Bonchev–Trinajstić information content (AvgIpc) is 2.14. The summed E-state index contributed by atoms with van der Waals surface area (Å²) in [7, 11) is 0. The van der Waals surface area contributed by atoms with Gasteiger partial charge in [-0.05, 0) is 27.7 Å². The van der Waals surface area contributed by atoms with Crippen LogP contribution in [0.4, 0.5) is 4.79 Å². The van der Waals surface area contributed by atoms with Crippen LogP contribution in [0, 0.1) is 11.3 Å². The molecule has 5 nitrogen and oxygen atoms in total. The van der Waals surface area contributed by atoms with Gasteiger partial charge in [0.25, 0.3) is 0 Å². The molecule has 1 aliphatic heterocycles. The second-order valence-electron chi connectivity index (χ2n) is 4.82. The quantitative estimate of drug-likeness (QED) is 0.628. The van der Waals surface area contributed by atoms with E-state index in [9.17, 15) is 4.79 Å². The molecule has 0 saturated carbocycles. The maximum absolute atomic E-state index is 11.8. The lowest BCUT2D eigenvalue weighted by Crippen LogP contribution is -2.53. The van der Waals surface area contributed by atoms with Crippen LogP contribution >= 0.6 is 0 Å². The van der Waals surface area contributed by atoms with E-state index in [1.54, 1.807) is 27.7 Å². The Hall–Kier alpha value is -1.28. The highest BCUT2D eigenvalue weighted by molar-refractivity contribution is 5.69. The van der Waals surface area contributed by atoms with Gasteiger partial charge in [-0.1, -0.05) is 0 Å². The number of carbonyl (C=O) groups is 1. The van der Waals surface area contributed by atoms with E-state index in [-0.39, 0.29) is 6.10 Å². The molecule has 0 bridgehead atoms. The summed E-state index contributed by atoms with van der Waals surface area (Å²) < 4.78 is 10.6. The molecule has 1 aliphatic rings. The van der Waals surface area contributed by atoms with Crippen molar-refractivity contribution in [2.24, 2.45) is 0 Å². The smallest absolute Gasteiger partial charge is 0.411 e. The maximum atomic E-state index is 11.8. The molecular weight excluding hydrogens is 208 g/mol. The first-order chi connectivity index (χ1) is 7.35. The van der Waals surface area contributed by atoms with E-state index < -0.39 is 17.7 Å². The Morgan fingerprint density at radius 1 is 1.56 bits per heavy atom. The molecule has 1 rings (SSSR count). The average molecular weight is 226 g/mol. The van der Waals surface area contributed by atoms with Gasteiger partial charge in [0, 0.05) is 6.54 Å². The van der Waals surface area contributed by atoms with Crippen molar-refractivity contribution in [2.75, 3.05) is 13.2 Å². The monoisotopic (exact) mass is 226 g/mol. The van der Waals surface area contributed by atoms with Crippen LogP contribution in [0.1, 0.15) is 27.7 Å². The van der Waals surface area contributed by atoms with Gasteiger partial charge in [-0.25, -0.2) is 4.79 Å². The van der Waals surface area contributed by atoms with Gasteiger partial charge in [0.2, 0.25) is 0 Å². The molecule has 0 unspecified atom stereocenters. The van der Waals surface area contributed by atoms with E-state index >= 15 is 0 Å². The standard InChI is InChI=1S/C11H18N2O3/c1-8-9(7-12)13(5-6-15-8)10(14)16-11(2,3)4/h8-9H,5-6H2,1-4H3/t8-,9-/m0/s1. The van der Waals surface area contributed by atoms with Gasteiger partial charge in [0.15, 0.2) is 0 Å². The van der Waals surface area contributed by atoms with Crippen molar-refractivity contribution in [3.05, 3.63) is 0 Å². The SMILES string of the molecule is C[C@@H]1OCCN(C(=O)OC(C)(C)C)[C@H]1C#N. The summed E-state index contributed by atoms with van der Waals surface area (Å²) in [5, 5.41) is 9.00. The van der Waals surface area contributed by atoms with Gasteiger partial charge in [-0.3, -0.25) is 4.90 Å². The Kier molecular flexibility index (Phi) is 3.76. The van der Waals surface area contributed by atoms with Crippen LogP contribution in [-0.2, 0) is 9.47 Å². The zero-order valence-corrected chi connectivity index (χ0v) is 10.2. The topological polar surface area (TPSA) is 62.6 Å². The maximum Gasteiger partial charge on any atom is 0.411 e. The molecule has 2 atom stereocenters. The van der Waals surface area contributed by atoms with E-state index in [4.69, 9.17) is 14.7 Å². The molecule has 0 spiro atoms. The van der Waals surface area contributed by atoms with Gasteiger partial charge in [-0.2, -0.15) is 5.26 Å². The summed E-state index contributed by atoms with van der Waals surface area (Å²) in [4.78, 5) is 13.3. The van der Waals surface area contributed by atoms with Gasteiger partial charge >= 0.3 is 6.09 Å². The number of rotatable bonds is 0. The third-order valence-corrected chi connectivity index (χ3v) is 2.25. The van der Waals surface area contributed by atoms with Crippen molar-refractivity contribution in [3.8, 4) is 6.07 Å². The van der Waals surface area contributed by atoms with E-state index in [0.29, 0.717) is 13.2 Å². The molecule has 0 N–H and O–H groups in total. The highest BCUT2D eigenvalue weighted by Gasteiger charge is 2.35. The molecule has 1 heterocycles. The Labute approximate surface area is 95.9 Å². The largest absolute Gasteiger partial charge is 0.444 e. The summed E-state index contributed by atoms with van der Waals surface area (Å²) in [5.74, 6) is 0. The number of nitrogens with zero attached hydrogens (tertiary/aromatic N) is 2. The fraction of sp³-hybridized carbons (Fsp3) is 0.818. The van der Waals surface area contributed by atoms with Crippen molar-refractivity contribution < 1.29 is 14.3 Å². The molecule has 1 fully saturated rings. The molecule has 0 aromatic rings. The minimum absolute atomic E-state index is 0.272. The van der Waals surface area contributed by atoms with Crippen LogP contribution in [0.3, 0.4) is 0 Å². The van der Waals surface area contributed by atoms with Crippen LogP contribution in [0.5, 0.6) is 0 Å². The van der Waals surface area contributed by atoms with Crippen molar-refractivity contribution in [1.82, 2.24) is 4.90 Å². The predicted octanol–water partition coefficient (Wildman–Crippen LogP) is 1.53. The van der Waals surface area contributed by atoms with Crippen molar-refractivity contribution in [2.45, 2.75) is 45.4 Å². The minimum atomic E-state index is -0.566. The van der Waals surface area contributed by atoms with E-state index in [2.05, 4.69) is 6.07 Å². The normalized spacial score (nSPS) is 26.1. The molecule has 0 aromatic heterocycles. The zero-order chi connectivity index (χ0) is 12.3. The third-order valence-electron chi connectivity index (χ3n) is 2.25. The number of nitriles is 1. The molecule has 5 heteroatoms. The molecule has 0 aromatic carbocycles. The summed E-state index contributed by atoms with van der Waals surface area (Å²) in [5.41, 5.74) is -0.543. The number of hydrogen-bond acceptors (Lipinski definition) is 4. The predicted molar refractivity (Wildman–Crippen MR) is 57.8 cm³/mol. The lowest BCUT2D eigenvalue weighted by molar-refractivity contribution is -0.0535. The van der Waals surface area contributed by atoms with Crippen LogP contribution in [0.25, 0.3) is 0 Å². The van der Waals surface area contributed by atoms with E-state index in [0.717, 1.165) is 0 Å². The second-order valence-corrected chi connectivity index (χ2v) is 4.82. The number of ether oxygens (including phenoxy) is 2. The van der Waals surface area contributed by atoms with Gasteiger partial charge in [0.1, 0.15) is 11.6 Å². The first-order valence-corrected chi connectivity index (χ1v) is 5.36. The molecule has 16 heavy (non-hydrogen) atoms. The third kappa shape index (κ3) is 3.11. The molecular formula is C11H18N2O3. The van der Waals surface area contributed by atoms with Gasteiger partial charge < -0.3 is 9.47 Å². The summed E-state index contributed by atoms with van der Waals surface area (Å²) in [6.45, 7) is 8.03. The lowest BCUT2D eigenvalue weighted by Gasteiger charge is -2.36. The highest BCUT2D eigenvalue weighted by atomic mass is 16.6. The summed E-state index contributed by atoms with van der Waals surface area (Å²) in [6.07, 6.45) is -0.722. The molecule has 0 aliphatic carbocycles. The second kappa shape index (κ2) is 4.71. The Bertz CT molecular complexity index is 303. The fourth-order valence-electron chi connectivity index (χ4n) is 1.52. The van der Waals surface area contributed by atoms with Crippen LogP contribution < -0.4 is 0 Å². The zero-order valence-electron chi connectivity index (χ0n) is 10.2. The Balaban J connectivity index is 2.71. The van der Waals surface area contributed by atoms with Crippen LogP contribution in [0.15, 0.2) is 0 Å². The Morgan fingerprint density at radius 3 is 2.69 bits per heavy atom. The number of amides is 1. The molecule has 90 valence electrons.